The summed E-state index contributed by atoms with van der Waals surface area (Å²) in [5, 5.41) is 11.6. The Hall–Kier alpha value is -1.88. The Morgan fingerprint density at radius 2 is 2.04 bits per heavy atom. The van der Waals surface area contributed by atoms with Gasteiger partial charge >= 0.3 is 0 Å². The topological polar surface area (TPSA) is 67.2 Å². The summed E-state index contributed by atoms with van der Waals surface area (Å²) in [5.74, 6) is 1.76. The van der Waals surface area contributed by atoms with Gasteiger partial charge in [0.05, 0.1) is 17.6 Å². The van der Waals surface area contributed by atoms with E-state index in [9.17, 15) is 4.79 Å². The summed E-state index contributed by atoms with van der Waals surface area (Å²) in [6, 6.07) is 6.24. The van der Waals surface area contributed by atoms with E-state index in [0.717, 1.165) is 36.2 Å². The lowest BCUT2D eigenvalue weighted by atomic mass is 10.0. The number of aliphatic hydroxyl groups is 1. The Morgan fingerprint density at radius 3 is 2.69 bits per heavy atom. The first kappa shape index (κ1) is 18.9. The van der Waals surface area contributed by atoms with Crippen molar-refractivity contribution in [2.45, 2.75) is 64.8 Å². The lowest BCUT2D eigenvalue weighted by Gasteiger charge is -2.20. The maximum absolute atomic E-state index is 12.2. The highest BCUT2D eigenvalue weighted by Gasteiger charge is 2.22. The summed E-state index contributed by atoms with van der Waals surface area (Å²) in [4.78, 5) is 17.2. The highest BCUT2D eigenvalue weighted by molar-refractivity contribution is 5.97. The summed E-state index contributed by atoms with van der Waals surface area (Å²) in [6.45, 7) is 4.68. The Labute approximate surface area is 155 Å². The predicted octanol–water partition coefficient (Wildman–Crippen LogP) is 3.85. The molecule has 2 N–H and O–H groups in total. The van der Waals surface area contributed by atoms with E-state index in [1.807, 2.05) is 18.2 Å². The zero-order chi connectivity index (χ0) is 18.5. The van der Waals surface area contributed by atoms with Crippen molar-refractivity contribution in [2.24, 2.45) is 5.92 Å². The Bertz CT molecular complexity index is 743. The number of amides is 1. The molecule has 26 heavy (non-hydrogen) atoms. The van der Waals surface area contributed by atoms with E-state index in [0.29, 0.717) is 11.6 Å². The molecule has 0 bridgehead atoms. The summed E-state index contributed by atoms with van der Waals surface area (Å²) in [5.41, 5.74) is 2.64. The fraction of sp³-hybridized carbons (Fsp3) is 0.619. The molecule has 1 heterocycles. The summed E-state index contributed by atoms with van der Waals surface area (Å²) >= 11 is 0. The fourth-order valence-electron chi connectivity index (χ4n) is 4.24. The van der Waals surface area contributed by atoms with Crippen LogP contribution in [0.15, 0.2) is 18.2 Å². The van der Waals surface area contributed by atoms with E-state index in [-0.39, 0.29) is 19.1 Å². The third-order valence-electron chi connectivity index (χ3n) is 5.68. The smallest absolute Gasteiger partial charge is 0.251 e. The molecule has 0 unspecified atom stereocenters. The minimum atomic E-state index is -0.157. The number of benzene rings is 1. The molecule has 1 saturated carbocycles. The van der Waals surface area contributed by atoms with Gasteiger partial charge in [-0.2, -0.15) is 0 Å². The predicted molar refractivity (Wildman–Crippen MR) is 104 cm³/mol. The molecule has 0 spiro atoms. The van der Waals surface area contributed by atoms with Crippen molar-refractivity contribution in [1.82, 2.24) is 14.9 Å². The van der Waals surface area contributed by atoms with Crippen molar-refractivity contribution in [3.05, 3.63) is 29.6 Å². The van der Waals surface area contributed by atoms with Crippen LogP contribution in [0, 0.1) is 5.92 Å². The van der Waals surface area contributed by atoms with Crippen molar-refractivity contribution in [1.29, 1.82) is 0 Å². The van der Waals surface area contributed by atoms with Crippen LogP contribution in [0.3, 0.4) is 0 Å². The van der Waals surface area contributed by atoms with Gasteiger partial charge in [0, 0.05) is 24.6 Å². The standard InChI is InChI=1S/C21H31N3O2/c1-3-17(4-2)24-19-10-9-16(21(26)22-11-12-25)14-18(19)23-20(24)13-15-7-5-6-8-15/h9-10,14-15,17,25H,3-8,11-13H2,1-2H3,(H,22,26). The van der Waals surface area contributed by atoms with E-state index < -0.39 is 0 Å². The number of imidazole rings is 1. The highest BCUT2D eigenvalue weighted by Crippen LogP contribution is 2.32. The Balaban J connectivity index is 1.97. The van der Waals surface area contributed by atoms with Crippen LogP contribution in [0.4, 0.5) is 0 Å². The molecule has 0 aliphatic heterocycles. The van der Waals surface area contributed by atoms with Crippen LogP contribution in [0.1, 0.15) is 74.6 Å². The Kier molecular flexibility index (Phi) is 6.30. The number of fused-ring (bicyclic) bond motifs is 1. The minimum absolute atomic E-state index is 0.0528. The molecule has 1 amide bonds. The molecule has 142 valence electrons. The number of carbonyl (C=O) groups excluding carboxylic acids is 1. The first-order chi connectivity index (χ1) is 12.7. The normalized spacial score (nSPS) is 15.2. The summed E-state index contributed by atoms with van der Waals surface area (Å²) in [6.07, 6.45) is 8.49. The maximum atomic E-state index is 12.2. The van der Waals surface area contributed by atoms with Gasteiger partial charge in [-0.05, 0) is 37.0 Å². The van der Waals surface area contributed by atoms with Gasteiger partial charge in [0.15, 0.2) is 0 Å². The first-order valence-corrected chi connectivity index (χ1v) is 10.1. The second kappa shape index (κ2) is 8.67. The second-order valence-electron chi connectivity index (χ2n) is 7.41. The SMILES string of the molecule is CCC(CC)n1c(CC2CCCC2)nc2cc(C(=O)NCCO)ccc21. The molecule has 2 aromatic rings. The molecule has 0 saturated heterocycles. The van der Waals surface area contributed by atoms with Crippen LogP contribution in [-0.4, -0.2) is 33.7 Å². The van der Waals surface area contributed by atoms with Crippen molar-refractivity contribution < 1.29 is 9.90 Å². The molecular formula is C21H31N3O2. The average Bonchev–Trinajstić information content (AvgIpc) is 3.29. The highest BCUT2D eigenvalue weighted by atomic mass is 16.3. The van der Waals surface area contributed by atoms with Gasteiger partial charge in [0.25, 0.3) is 5.91 Å². The molecule has 1 aromatic heterocycles. The number of hydrogen-bond acceptors (Lipinski definition) is 3. The van der Waals surface area contributed by atoms with Gasteiger partial charge in [-0.1, -0.05) is 39.5 Å². The summed E-state index contributed by atoms with van der Waals surface area (Å²) < 4.78 is 2.42. The molecule has 1 aliphatic carbocycles. The van der Waals surface area contributed by atoms with Gasteiger partial charge < -0.3 is 15.0 Å². The summed E-state index contributed by atoms with van der Waals surface area (Å²) in [7, 11) is 0. The number of aromatic nitrogens is 2. The molecule has 5 heteroatoms. The molecule has 5 nitrogen and oxygen atoms in total. The van der Waals surface area contributed by atoms with Crippen LogP contribution >= 0.6 is 0 Å². The van der Waals surface area contributed by atoms with E-state index in [4.69, 9.17) is 10.1 Å². The van der Waals surface area contributed by atoms with Gasteiger partial charge in [0.2, 0.25) is 0 Å². The first-order valence-electron chi connectivity index (χ1n) is 10.1. The molecule has 1 aliphatic rings. The van der Waals surface area contributed by atoms with Crippen LogP contribution in [0.5, 0.6) is 0 Å². The molecule has 0 atom stereocenters. The molecule has 1 fully saturated rings. The number of hydrogen-bond donors (Lipinski definition) is 2. The third-order valence-corrected chi connectivity index (χ3v) is 5.68. The Morgan fingerprint density at radius 1 is 1.31 bits per heavy atom. The van der Waals surface area contributed by atoms with Crippen LogP contribution in [-0.2, 0) is 6.42 Å². The van der Waals surface area contributed by atoms with Crippen molar-refractivity contribution in [3.63, 3.8) is 0 Å². The van der Waals surface area contributed by atoms with Crippen molar-refractivity contribution in [2.75, 3.05) is 13.2 Å². The van der Waals surface area contributed by atoms with E-state index in [1.54, 1.807) is 0 Å². The lowest BCUT2D eigenvalue weighted by molar-refractivity contribution is 0.0945. The molecule has 1 aromatic carbocycles. The number of carbonyl (C=O) groups is 1. The van der Waals surface area contributed by atoms with Gasteiger partial charge in [0.1, 0.15) is 5.82 Å². The van der Waals surface area contributed by atoms with E-state index >= 15 is 0 Å². The fourth-order valence-corrected chi connectivity index (χ4v) is 4.24. The molecule has 3 rings (SSSR count). The van der Waals surface area contributed by atoms with Gasteiger partial charge in [-0.3, -0.25) is 4.79 Å². The number of aliphatic hydroxyl groups excluding tert-OH is 1. The molecule has 0 radical (unpaired) electrons. The maximum Gasteiger partial charge on any atom is 0.251 e. The van der Waals surface area contributed by atoms with Crippen molar-refractivity contribution >= 4 is 16.9 Å². The molecular weight excluding hydrogens is 326 g/mol. The van der Waals surface area contributed by atoms with Crippen LogP contribution < -0.4 is 5.32 Å². The van der Waals surface area contributed by atoms with Gasteiger partial charge in [-0.15, -0.1) is 0 Å². The monoisotopic (exact) mass is 357 g/mol. The van der Waals surface area contributed by atoms with Crippen molar-refractivity contribution in [3.8, 4) is 0 Å². The zero-order valence-corrected chi connectivity index (χ0v) is 16.0. The van der Waals surface area contributed by atoms with Gasteiger partial charge in [-0.25, -0.2) is 4.98 Å². The largest absolute Gasteiger partial charge is 0.395 e. The third kappa shape index (κ3) is 3.93. The lowest BCUT2D eigenvalue weighted by Crippen LogP contribution is -2.26. The average molecular weight is 357 g/mol. The number of nitrogens with one attached hydrogen (secondary N) is 1. The number of nitrogens with zero attached hydrogens (tertiary/aromatic N) is 2. The van der Waals surface area contributed by atoms with Crippen LogP contribution in [0.25, 0.3) is 11.0 Å². The quantitative estimate of drug-likeness (QED) is 0.754. The van der Waals surface area contributed by atoms with E-state index in [1.165, 1.54) is 31.5 Å². The van der Waals surface area contributed by atoms with E-state index in [2.05, 4.69) is 23.7 Å². The minimum Gasteiger partial charge on any atom is -0.395 e. The van der Waals surface area contributed by atoms with Crippen LogP contribution in [0.2, 0.25) is 0 Å². The second-order valence-corrected chi connectivity index (χ2v) is 7.41. The zero-order valence-electron chi connectivity index (χ0n) is 16.0. The number of rotatable bonds is 8.